The minimum Gasteiger partial charge on any atom is -0.493 e. The van der Waals surface area contributed by atoms with Crippen LogP contribution in [0.1, 0.15) is 11.3 Å². The van der Waals surface area contributed by atoms with E-state index in [1.54, 1.807) is 36.5 Å². The summed E-state index contributed by atoms with van der Waals surface area (Å²) in [5.74, 6) is 1.22. The van der Waals surface area contributed by atoms with E-state index in [0.717, 1.165) is 11.3 Å². The van der Waals surface area contributed by atoms with Gasteiger partial charge in [0, 0.05) is 6.20 Å². The number of nitrogens with zero attached hydrogens (tertiary/aromatic N) is 1. The number of pyridine rings is 1. The van der Waals surface area contributed by atoms with Crippen LogP contribution in [0.3, 0.4) is 0 Å². The van der Waals surface area contributed by atoms with Crippen molar-refractivity contribution < 1.29 is 23.7 Å². The van der Waals surface area contributed by atoms with Crippen LogP contribution in [0.25, 0.3) is 12.2 Å². The van der Waals surface area contributed by atoms with E-state index < -0.39 is 5.97 Å². The van der Waals surface area contributed by atoms with Crippen LogP contribution < -0.4 is 18.9 Å². The van der Waals surface area contributed by atoms with Crippen LogP contribution in [0.5, 0.6) is 23.0 Å². The number of carbonyl (C=O) groups excluding carboxylic acids is 1. The molecule has 3 aromatic rings. The van der Waals surface area contributed by atoms with Crippen molar-refractivity contribution >= 4 is 18.1 Å². The first-order chi connectivity index (χ1) is 14.2. The average molecular weight is 391 g/mol. The van der Waals surface area contributed by atoms with E-state index >= 15 is 0 Å². The number of hydrogen-bond acceptors (Lipinski definition) is 6. The Hall–Kier alpha value is -3.80. The number of para-hydroxylation sites is 2. The molecule has 1 aromatic heterocycles. The van der Waals surface area contributed by atoms with Crippen molar-refractivity contribution in [2.45, 2.75) is 0 Å². The lowest BCUT2D eigenvalue weighted by molar-refractivity contribution is -0.136. The molecule has 0 saturated heterocycles. The summed E-state index contributed by atoms with van der Waals surface area (Å²) in [6, 6.07) is 18.1. The Morgan fingerprint density at radius 2 is 1.62 bits per heavy atom. The van der Waals surface area contributed by atoms with Crippen molar-refractivity contribution in [1.82, 2.24) is 4.98 Å². The van der Waals surface area contributed by atoms with E-state index in [9.17, 15) is 4.79 Å². The van der Waals surface area contributed by atoms with Crippen molar-refractivity contribution in [3.63, 3.8) is 0 Å². The van der Waals surface area contributed by atoms with E-state index in [0.29, 0.717) is 23.0 Å². The molecule has 29 heavy (non-hydrogen) atoms. The van der Waals surface area contributed by atoms with Gasteiger partial charge in [-0.25, -0.2) is 4.79 Å². The fourth-order valence-electron chi connectivity index (χ4n) is 2.56. The summed E-state index contributed by atoms with van der Waals surface area (Å²) in [4.78, 5) is 16.4. The van der Waals surface area contributed by atoms with Gasteiger partial charge in [0.15, 0.2) is 29.6 Å². The lowest BCUT2D eigenvalue weighted by atomic mass is 10.1. The molecule has 0 N–H and O–H groups in total. The van der Waals surface area contributed by atoms with E-state index in [-0.39, 0.29) is 6.61 Å². The maximum absolute atomic E-state index is 12.2. The fourth-order valence-corrected chi connectivity index (χ4v) is 2.56. The van der Waals surface area contributed by atoms with E-state index in [4.69, 9.17) is 18.9 Å². The van der Waals surface area contributed by atoms with Gasteiger partial charge in [-0.15, -0.1) is 0 Å². The van der Waals surface area contributed by atoms with Gasteiger partial charge in [0.1, 0.15) is 0 Å². The van der Waals surface area contributed by atoms with Crippen LogP contribution in [0.15, 0.2) is 66.9 Å². The maximum Gasteiger partial charge on any atom is 0.349 e. The molecule has 0 bridgehead atoms. The van der Waals surface area contributed by atoms with Crippen LogP contribution in [-0.2, 0) is 4.79 Å². The first kappa shape index (κ1) is 19.9. The molecule has 6 heteroatoms. The quantitative estimate of drug-likeness (QED) is 0.422. The highest BCUT2D eigenvalue weighted by atomic mass is 16.6. The topological polar surface area (TPSA) is 66.9 Å². The van der Waals surface area contributed by atoms with Crippen LogP contribution >= 0.6 is 0 Å². The Bertz CT molecular complexity index is 986. The first-order valence-electron chi connectivity index (χ1n) is 8.93. The third kappa shape index (κ3) is 5.59. The molecule has 0 aliphatic heterocycles. The van der Waals surface area contributed by atoms with Gasteiger partial charge in [-0.2, -0.15) is 0 Å². The number of rotatable bonds is 8. The molecule has 0 saturated carbocycles. The second-order valence-electron chi connectivity index (χ2n) is 5.91. The minimum absolute atomic E-state index is 0.259. The summed E-state index contributed by atoms with van der Waals surface area (Å²) in [5.41, 5.74) is 1.73. The summed E-state index contributed by atoms with van der Waals surface area (Å²) < 4.78 is 21.4. The van der Waals surface area contributed by atoms with Crippen molar-refractivity contribution in [2.75, 3.05) is 20.8 Å². The summed E-state index contributed by atoms with van der Waals surface area (Å²) in [7, 11) is 3.06. The first-order valence-corrected chi connectivity index (χ1v) is 8.93. The molecule has 0 atom stereocenters. The van der Waals surface area contributed by atoms with Crippen molar-refractivity contribution in [3.05, 3.63) is 78.1 Å². The largest absolute Gasteiger partial charge is 0.493 e. The van der Waals surface area contributed by atoms with Crippen LogP contribution in [0, 0.1) is 0 Å². The molecular formula is C23H21NO5. The number of benzene rings is 2. The normalized spacial score (nSPS) is 10.6. The van der Waals surface area contributed by atoms with Gasteiger partial charge in [-0.1, -0.05) is 30.3 Å². The molecule has 6 nitrogen and oxygen atoms in total. The Morgan fingerprint density at radius 3 is 2.34 bits per heavy atom. The molecule has 0 unspecified atom stereocenters. The van der Waals surface area contributed by atoms with Gasteiger partial charge in [0.25, 0.3) is 0 Å². The molecule has 3 rings (SSSR count). The lowest BCUT2D eigenvalue weighted by Crippen LogP contribution is -2.18. The van der Waals surface area contributed by atoms with Gasteiger partial charge in [0.2, 0.25) is 0 Å². The van der Waals surface area contributed by atoms with Gasteiger partial charge in [-0.3, -0.25) is 4.98 Å². The molecule has 148 valence electrons. The molecule has 0 aliphatic carbocycles. The van der Waals surface area contributed by atoms with Crippen molar-refractivity contribution in [1.29, 1.82) is 0 Å². The minimum atomic E-state index is -0.550. The summed E-state index contributed by atoms with van der Waals surface area (Å²) in [5, 5.41) is 0. The lowest BCUT2D eigenvalue weighted by Gasteiger charge is -2.12. The number of esters is 1. The molecule has 0 spiro atoms. The number of aromatic nitrogens is 1. The average Bonchev–Trinajstić information content (AvgIpc) is 2.77. The van der Waals surface area contributed by atoms with Gasteiger partial charge in [-0.05, 0) is 48.0 Å². The predicted octanol–water partition coefficient (Wildman–Crippen LogP) is 4.25. The highest BCUT2D eigenvalue weighted by molar-refractivity contribution is 5.76. The van der Waals surface area contributed by atoms with Crippen molar-refractivity contribution in [2.24, 2.45) is 0 Å². The number of carbonyl (C=O) groups is 1. The second-order valence-corrected chi connectivity index (χ2v) is 5.91. The Morgan fingerprint density at radius 1 is 0.862 bits per heavy atom. The molecule has 1 heterocycles. The van der Waals surface area contributed by atoms with E-state index in [1.165, 1.54) is 14.2 Å². The van der Waals surface area contributed by atoms with Gasteiger partial charge in [0.05, 0.1) is 19.9 Å². The van der Waals surface area contributed by atoms with E-state index in [2.05, 4.69) is 4.98 Å². The van der Waals surface area contributed by atoms with Gasteiger partial charge >= 0.3 is 5.97 Å². The van der Waals surface area contributed by atoms with Crippen LogP contribution in [0.4, 0.5) is 0 Å². The molecule has 0 amide bonds. The highest BCUT2D eigenvalue weighted by Gasteiger charge is 2.12. The zero-order chi connectivity index (χ0) is 20.5. The number of hydrogen-bond donors (Lipinski definition) is 0. The fraction of sp³-hybridized carbons (Fsp3) is 0.130. The zero-order valence-electron chi connectivity index (χ0n) is 16.2. The van der Waals surface area contributed by atoms with Crippen LogP contribution in [0.2, 0.25) is 0 Å². The third-order valence-corrected chi connectivity index (χ3v) is 3.96. The maximum atomic E-state index is 12.2. The van der Waals surface area contributed by atoms with E-state index in [1.807, 2.05) is 42.5 Å². The van der Waals surface area contributed by atoms with Crippen LogP contribution in [-0.4, -0.2) is 31.8 Å². The highest BCUT2D eigenvalue weighted by Crippen LogP contribution is 2.29. The smallest absolute Gasteiger partial charge is 0.349 e. The van der Waals surface area contributed by atoms with Crippen molar-refractivity contribution in [3.8, 4) is 23.0 Å². The standard InChI is InChI=1S/C23H21NO5/c1-26-19-8-3-4-9-20(19)28-16-23(25)29-21-13-11-17(15-22(21)27-2)10-12-18-7-5-6-14-24-18/h3-15H,16H2,1-2H3/b12-10+. The molecule has 0 radical (unpaired) electrons. The Labute approximate surface area is 169 Å². The third-order valence-electron chi connectivity index (χ3n) is 3.96. The summed E-state index contributed by atoms with van der Waals surface area (Å²) in [6.07, 6.45) is 5.53. The predicted molar refractivity (Wildman–Crippen MR) is 110 cm³/mol. The molecule has 0 aliphatic rings. The monoisotopic (exact) mass is 391 g/mol. The van der Waals surface area contributed by atoms with Gasteiger partial charge < -0.3 is 18.9 Å². The molecule has 2 aromatic carbocycles. The molecule has 0 fully saturated rings. The zero-order valence-corrected chi connectivity index (χ0v) is 16.2. The number of methoxy groups -OCH3 is 2. The SMILES string of the molecule is COc1ccccc1OCC(=O)Oc1ccc(/C=C/c2ccccn2)cc1OC. The summed E-state index contributed by atoms with van der Waals surface area (Å²) >= 11 is 0. The molecular weight excluding hydrogens is 370 g/mol. The number of ether oxygens (including phenoxy) is 4. The Balaban J connectivity index is 1.64. The summed E-state index contributed by atoms with van der Waals surface area (Å²) in [6.45, 7) is -0.259. The second kappa shape index (κ2) is 9.94. The Kier molecular flexibility index (Phi) is 6.84.